The van der Waals surface area contributed by atoms with Crippen LogP contribution in [0, 0.1) is 13.8 Å². The van der Waals surface area contributed by atoms with Crippen molar-refractivity contribution in [3.05, 3.63) is 82.6 Å². The van der Waals surface area contributed by atoms with Crippen LogP contribution in [-0.4, -0.2) is 59.7 Å². The van der Waals surface area contributed by atoms with Gasteiger partial charge < -0.3 is 9.64 Å². The number of benzene rings is 2. The number of aryl methyl sites for hydroxylation is 1. The van der Waals surface area contributed by atoms with Crippen LogP contribution < -0.4 is 0 Å². The number of sulfonamides is 1. The van der Waals surface area contributed by atoms with E-state index in [0.29, 0.717) is 30.0 Å². The van der Waals surface area contributed by atoms with Crippen molar-refractivity contribution in [3.8, 4) is 11.1 Å². The molecule has 0 radical (unpaired) electrons. The minimum absolute atomic E-state index is 0.0930. The number of hydrogen-bond donors (Lipinski definition) is 0. The van der Waals surface area contributed by atoms with Gasteiger partial charge in [0.2, 0.25) is 15.9 Å². The molecule has 2 aromatic carbocycles. The molecular formula is C34H44ClN3O5S. The lowest BCUT2D eigenvalue weighted by molar-refractivity contribution is -0.155. The van der Waals surface area contributed by atoms with E-state index >= 15 is 0 Å². The number of ether oxygens (including phenoxy) is 1. The summed E-state index contributed by atoms with van der Waals surface area (Å²) in [5.74, 6) is -0.514. The Hall–Kier alpha value is -3.27. The predicted octanol–water partition coefficient (Wildman–Crippen LogP) is 7.13. The van der Waals surface area contributed by atoms with Gasteiger partial charge in [-0.3, -0.25) is 14.6 Å². The molecule has 0 aliphatic rings. The maximum Gasteiger partial charge on any atom is 0.308 e. The van der Waals surface area contributed by atoms with Crippen molar-refractivity contribution in [2.45, 2.75) is 84.3 Å². The molecule has 1 amide bonds. The lowest BCUT2D eigenvalue weighted by atomic mass is 9.98. The molecule has 0 saturated carbocycles. The van der Waals surface area contributed by atoms with Crippen molar-refractivity contribution in [2.75, 3.05) is 19.6 Å². The SMILES string of the molecule is CC(=O)N(CCCCN(C(C)c1cccc(-c2ccncc2C)c1)S(=O)(=O)c1cccc(Cl)c1C)CCC(=O)OC(C)(C)C. The maximum absolute atomic E-state index is 14.2. The van der Waals surface area contributed by atoms with Gasteiger partial charge in [-0.15, -0.1) is 0 Å². The van der Waals surface area contributed by atoms with Gasteiger partial charge in [0.05, 0.1) is 11.3 Å². The average molecular weight is 642 g/mol. The van der Waals surface area contributed by atoms with Crippen LogP contribution in [0.4, 0.5) is 0 Å². The number of hydrogen-bond acceptors (Lipinski definition) is 6. The van der Waals surface area contributed by atoms with Gasteiger partial charge in [-0.1, -0.05) is 35.9 Å². The number of carbonyl (C=O) groups excluding carboxylic acids is 2. The van der Waals surface area contributed by atoms with Crippen molar-refractivity contribution in [3.63, 3.8) is 0 Å². The summed E-state index contributed by atoms with van der Waals surface area (Å²) in [6, 6.07) is 14.3. The first-order valence-electron chi connectivity index (χ1n) is 14.9. The van der Waals surface area contributed by atoms with Gasteiger partial charge in [0.25, 0.3) is 0 Å². The normalized spacial score (nSPS) is 12.7. The number of pyridine rings is 1. The fraction of sp³-hybridized carbons (Fsp3) is 0.441. The zero-order chi connectivity index (χ0) is 32.7. The molecule has 238 valence electrons. The van der Waals surface area contributed by atoms with Crippen molar-refractivity contribution in [1.29, 1.82) is 0 Å². The molecule has 10 heteroatoms. The minimum Gasteiger partial charge on any atom is -0.460 e. The molecule has 1 atom stereocenters. The highest BCUT2D eigenvalue weighted by Gasteiger charge is 2.31. The van der Waals surface area contributed by atoms with Crippen molar-refractivity contribution in [1.82, 2.24) is 14.2 Å². The third kappa shape index (κ3) is 9.36. The van der Waals surface area contributed by atoms with Gasteiger partial charge in [0, 0.05) is 50.0 Å². The summed E-state index contributed by atoms with van der Waals surface area (Å²) in [5, 5.41) is 0.385. The second-order valence-corrected chi connectivity index (χ2v) is 14.3. The highest BCUT2D eigenvalue weighted by atomic mass is 35.5. The molecule has 0 fully saturated rings. The van der Waals surface area contributed by atoms with E-state index in [1.807, 2.05) is 50.4 Å². The molecule has 1 unspecified atom stereocenters. The Kier molecular flexibility index (Phi) is 12.1. The topological polar surface area (TPSA) is 96.9 Å². The number of unbranched alkanes of at least 4 members (excludes halogenated alkanes) is 1. The smallest absolute Gasteiger partial charge is 0.308 e. The first kappa shape index (κ1) is 35.2. The molecule has 0 bridgehead atoms. The average Bonchev–Trinajstić information content (AvgIpc) is 2.94. The fourth-order valence-corrected chi connectivity index (χ4v) is 7.20. The zero-order valence-corrected chi connectivity index (χ0v) is 28.3. The van der Waals surface area contributed by atoms with Gasteiger partial charge in [0.1, 0.15) is 5.60 Å². The third-order valence-corrected chi connectivity index (χ3v) is 9.97. The standard InChI is InChI=1S/C34H44ClN3O5S/c1-24-23-36-18-16-30(24)29-13-10-12-28(22-29)26(3)38(44(41,42)32-15-11-14-31(35)25(32)2)20-9-8-19-37(27(4)39)21-17-33(40)43-34(5,6)7/h10-16,18,22-23,26H,8-9,17,19-21H2,1-7H3. The van der Waals surface area contributed by atoms with Gasteiger partial charge in [0.15, 0.2) is 0 Å². The second kappa shape index (κ2) is 15.1. The van der Waals surface area contributed by atoms with E-state index in [1.54, 1.807) is 57.0 Å². The monoisotopic (exact) mass is 641 g/mol. The number of carbonyl (C=O) groups is 2. The fourth-order valence-electron chi connectivity index (χ4n) is 5.06. The van der Waals surface area contributed by atoms with Crippen LogP contribution >= 0.6 is 11.6 Å². The lowest BCUT2D eigenvalue weighted by Gasteiger charge is -2.30. The number of aromatic nitrogens is 1. The lowest BCUT2D eigenvalue weighted by Crippen LogP contribution is -2.36. The first-order valence-corrected chi connectivity index (χ1v) is 16.7. The van der Waals surface area contributed by atoms with E-state index in [4.69, 9.17) is 16.3 Å². The summed E-state index contributed by atoms with van der Waals surface area (Å²) in [7, 11) is -3.95. The number of halogens is 1. The van der Waals surface area contributed by atoms with Crippen LogP contribution in [0.2, 0.25) is 5.02 Å². The Morgan fingerprint density at radius 2 is 1.68 bits per heavy atom. The number of esters is 1. The molecule has 3 rings (SSSR count). The number of rotatable bonds is 13. The molecule has 0 aliphatic heterocycles. The van der Waals surface area contributed by atoms with Crippen LogP contribution in [-0.2, 0) is 24.3 Å². The molecule has 0 saturated heterocycles. The van der Waals surface area contributed by atoms with E-state index in [-0.39, 0.29) is 36.3 Å². The quantitative estimate of drug-likeness (QED) is 0.145. The second-order valence-electron chi connectivity index (χ2n) is 12.0. The summed E-state index contributed by atoms with van der Waals surface area (Å²) in [5.41, 5.74) is 3.79. The van der Waals surface area contributed by atoms with Gasteiger partial charge in [-0.2, -0.15) is 4.31 Å². The van der Waals surface area contributed by atoms with Crippen LogP contribution in [0.3, 0.4) is 0 Å². The highest BCUT2D eigenvalue weighted by molar-refractivity contribution is 7.89. The Bertz CT molecular complexity index is 1570. The van der Waals surface area contributed by atoms with E-state index in [2.05, 4.69) is 4.98 Å². The maximum atomic E-state index is 14.2. The molecule has 0 aliphatic carbocycles. The molecule has 1 heterocycles. The van der Waals surface area contributed by atoms with Gasteiger partial charge in [-0.25, -0.2) is 8.42 Å². The molecule has 0 N–H and O–H groups in total. The molecule has 8 nitrogen and oxygen atoms in total. The summed E-state index contributed by atoms with van der Waals surface area (Å²) in [4.78, 5) is 30.5. The molecule has 3 aromatic rings. The molecule has 44 heavy (non-hydrogen) atoms. The van der Waals surface area contributed by atoms with E-state index < -0.39 is 21.7 Å². The van der Waals surface area contributed by atoms with Crippen LogP contribution in [0.5, 0.6) is 0 Å². The van der Waals surface area contributed by atoms with E-state index in [0.717, 1.165) is 22.3 Å². The van der Waals surface area contributed by atoms with Crippen molar-refractivity contribution in [2.24, 2.45) is 0 Å². The number of amides is 1. The van der Waals surface area contributed by atoms with Crippen LogP contribution in [0.25, 0.3) is 11.1 Å². The molecule has 1 aromatic heterocycles. The van der Waals surface area contributed by atoms with Gasteiger partial charge >= 0.3 is 5.97 Å². The number of nitrogens with zero attached hydrogens (tertiary/aromatic N) is 3. The van der Waals surface area contributed by atoms with Crippen LogP contribution in [0.1, 0.15) is 76.6 Å². The van der Waals surface area contributed by atoms with Crippen LogP contribution in [0.15, 0.2) is 65.8 Å². The van der Waals surface area contributed by atoms with Crippen molar-refractivity contribution >= 4 is 33.5 Å². The molecule has 0 spiro atoms. The largest absolute Gasteiger partial charge is 0.460 e. The van der Waals surface area contributed by atoms with E-state index in [9.17, 15) is 18.0 Å². The zero-order valence-electron chi connectivity index (χ0n) is 26.8. The Labute approximate surface area is 267 Å². The summed E-state index contributed by atoms with van der Waals surface area (Å²) < 4.78 is 35.3. The predicted molar refractivity (Wildman–Crippen MR) is 175 cm³/mol. The summed E-state index contributed by atoms with van der Waals surface area (Å²) >= 11 is 6.34. The Balaban J connectivity index is 1.84. The third-order valence-electron chi connectivity index (χ3n) is 7.44. The molecular weight excluding hydrogens is 598 g/mol. The summed E-state index contributed by atoms with van der Waals surface area (Å²) in [6.07, 6.45) is 4.70. The van der Waals surface area contributed by atoms with E-state index in [1.165, 1.54) is 11.2 Å². The minimum atomic E-state index is -3.95. The Morgan fingerprint density at radius 3 is 2.34 bits per heavy atom. The van der Waals surface area contributed by atoms with Crippen molar-refractivity contribution < 1.29 is 22.7 Å². The van der Waals surface area contributed by atoms with Gasteiger partial charge in [-0.05, 0) is 106 Å². The first-order chi connectivity index (χ1) is 20.6. The summed E-state index contributed by atoms with van der Waals surface area (Å²) in [6.45, 7) is 13.3. The highest BCUT2D eigenvalue weighted by Crippen LogP contribution is 2.33. The Morgan fingerprint density at radius 1 is 1.00 bits per heavy atom.